The fraction of sp³-hybridized carbons (Fsp3) is 0.571. The van der Waals surface area contributed by atoms with Crippen molar-refractivity contribution in [2.45, 2.75) is 46.0 Å². The summed E-state index contributed by atoms with van der Waals surface area (Å²) in [6.07, 6.45) is 2.47. The van der Waals surface area contributed by atoms with Gasteiger partial charge in [0.2, 0.25) is 0 Å². The van der Waals surface area contributed by atoms with Crippen molar-refractivity contribution in [3.05, 3.63) is 33.8 Å². The lowest BCUT2D eigenvalue weighted by Crippen LogP contribution is -2.41. The molecule has 0 heterocycles. The van der Waals surface area contributed by atoms with Crippen molar-refractivity contribution in [1.29, 1.82) is 0 Å². The Morgan fingerprint density at radius 3 is 2.47 bits per heavy atom. The van der Waals surface area contributed by atoms with Crippen LogP contribution in [-0.2, 0) is 11.8 Å². The van der Waals surface area contributed by atoms with E-state index in [9.17, 15) is 0 Å². The predicted octanol–water partition coefficient (Wildman–Crippen LogP) is 4.70. The van der Waals surface area contributed by atoms with Crippen LogP contribution < -0.4 is 0 Å². The molecule has 0 saturated carbocycles. The molecule has 1 aliphatic rings. The average molecular weight is 267 g/mol. The molecule has 2 rings (SSSR count). The molecule has 0 fully saturated rings. The fourth-order valence-corrected chi connectivity index (χ4v) is 3.08. The van der Waals surface area contributed by atoms with E-state index >= 15 is 0 Å². The summed E-state index contributed by atoms with van der Waals surface area (Å²) in [6, 6.07) is 6.61. The van der Waals surface area contributed by atoms with Crippen LogP contribution in [0.3, 0.4) is 0 Å². The van der Waals surface area contributed by atoms with Crippen molar-refractivity contribution >= 4 is 15.9 Å². The maximum Gasteiger partial charge on any atom is 0.0210 e. The number of hydrogen-bond donors (Lipinski definition) is 0. The molecule has 0 unspecified atom stereocenters. The highest BCUT2D eigenvalue weighted by molar-refractivity contribution is 9.10. The summed E-state index contributed by atoms with van der Waals surface area (Å²) < 4.78 is 1.28. The zero-order valence-electron chi connectivity index (χ0n) is 10.0. The Balaban J connectivity index is 2.63. The normalized spacial score (nSPS) is 22.2. The maximum absolute atomic E-state index is 3.67. The minimum absolute atomic E-state index is 0.268. The van der Waals surface area contributed by atoms with E-state index in [0.717, 1.165) is 0 Å². The molecule has 0 N–H and O–H groups in total. The molecular formula is C14H19Br. The summed E-state index contributed by atoms with van der Waals surface area (Å²) in [5, 5.41) is 0. The number of benzene rings is 1. The van der Waals surface area contributed by atoms with E-state index in [1.807, 2.05) is 0 Å². The first-order chi connectivity index (χ1) is 6.86. The van der Waals surface area contributed by atoms with Gasteiger partial charge in [0.25, 0.3) is 0 Å². The largest absolute Gasteiger partial charge is 0.0608 e. The van der Waals surface area contributed by atoms with E-state index in [0.29, 0.717) is 5.41 Å². The van der Waals surface area contributed by atoms with Gasteiger partial charge >= 0.3 is 0 Å². The van der Waals surface area contributed by atoms with Gasteiger partial charge in [0.1, 0.15) is 0 Å². The van der Waals surface area contributed by atoms with Crippen LogP contribution in [0.25, 0.3) is 0 Å². The van der Waals surface area contributed by atoms with Crippen molar-refractivity contribution in [1.82, 2.24) is 0 Å². The molecule has 15 heavy (non-hydrogen) atoms. The summed E-state index contributed by atoms with van der Waals surface area (Å²) >= 11 is 3.67. The Labute approximate surface area is 101 Å². The number of halogens is 1. The molecule has 0 bridgehead atoms. The molecule has 0 atom stereocenters. The van der Waals surface area contributed by atoms with Crippen molar-refractivity contribution < 1.29 is 0 Å². The van der Waals surface area contributed by atoms with Crippen molar-refractivity contribution in [2.75, 3.05) is 0 Å². The summed E-state index contributed by atoms with van der Waals surface area (Å²) in [7, 11) is 0. The second-order valence-corrected chi connectivity index (χ2v) is 6.63. The van der Waals surface area contributed by atoms with Gasteiger partial charge in [-0.15, -0.1) is 0 Å². The Morgan fingerprint density at radius 2 is 1.80 bits per heavy atom. The minimum Gasteiger partial charge on any atom is -0.0608 e. The second-order valence-electron chi connectivity index (χ2n) is 5.77. The molecule has 82 valence electrons. The SMILES string of the molecule is CC1(C)CCc2c(Br)cccc2C1(C)C. The topological polar surface area (TPSA) is 0 Å². The van der Waals surface area contributed by atoms with Crippen LogP contribution in [0.4, 0.5) is 0 Å². The zero-order chi connectivity index (χ0) is 11.3. The molecule has 0 aromatic heterocycles. The van der Waals surface area contributed by atoms with Gasteiger partial charge in [0, 0.05) is 4.47 Å². The first-order valence-electron chi connectivity index (χ1n) is 5.64. The highest BCUT2D eigenvalue weighted by Gasteiger charge is 2.42. The molecule has 1 aromatic rings. The monoisotopic (exact) mass is 266 g/mol. The van der Waals surface area contributed by atoms with Gasteiger partial charge in [-0.3, -0.25) is 0 Å². The third-order valence-corrected chi connectivity index (χ3v) is 5.23. The fourth-order valence-electron chi connectivity index (χ4n) is 2.51. The Bertz CT molecular complexity index is 388. The molecule has 0 spiro atoms. The van der Waals surface area contributed by atoms with Gasteiger partial charge < -0.3 is 0 Å². The van der Waals surface area contributed by atoms with Crippen LogP contribution in [0.1, 0.15) is 45.2 Å². The Hall–Kier alpha value is -0.300. The molecule has 0 amide bonds. The molecule has 1 heteroatoms. The molecule has 0 nitrogen and oxygen atoms in total. The van der Waals surface area contributed by atoms with Gasteiger partial charge in [-0.1, -0.05) is 55.8 Å². The quantitative estimate of drug-likeness (QED) is 0.639. The molecule has 0 radical (unpaired) electrons. The molecular weight excluding hydrogens is 248 g/mol. The first kappa shape index (κ1) is 11.2. The van der Waals surface area contributed by atoms with Crippen LogP contribution in [-0.4, -0.2) is 0 Å². The summed E-state index contributed by atoms with van der Waals surface area (Å²) in [4.78, 5) is 0. The lowest BCUT2D eigenvalue weighted by Gasteiger charge is -2.47. The van der Waals surface area contributed by atoms with E-state index in [1.54, 1.807) is 0 Å². The van der Waals surface area contributed by atoms with Gasteiger partial charge in [0.05, 0.1) is 0 Å². The van der Waals surface area contributed by atoms with Gasteiger partial charge in [-0.05, 0) is 40.9 Å². The van der Waals surface area contributed by atoms with Crippen molar-refractivity contribution in [3.63, 3.8) is 0 Å². The third kappa shape index (κ3) is 1.56. The second kappa shape index (κ2) is 3.35. The number of hydrogen-bond acceptors (Lipinski definition) is 0. The molecule has 0 aliphatic heterocycles. The summed E-state index contributed by atoms with van der Waals surface area (Å²) in [6.45, 7) is 9.52. The zero-order valence-corrected chi connectivity index (χ0v) is 11.6. The third-order valence-electron chi connectivity index (χ3n) is 4.48. The van der Waals surface area contributed by atoms with Crippen LogP contribution in [0, 0.1) is 5.41 Å². The van der Waals surface area contributed by atoms with E-state index in [-0.39, 0.29) is 5.41 Å². The maximum atomic E-state index is 3.67. The van der Waals surface area contributed by atoms with E-state index in [1.165, 1.54) is 28.4 Å². The average Bonchev–Trinajstić information content (AvgIpc) is 2.13. The molecule has 1 aromatic carbocycles. The standard InChI is InChI=1S/C14H19Br/c1-13(2)9-8-10-11(14(13,3)4)6-5-7-12(10)15/h5-7H,8-9H2,1-4H3. The molecule has 0 saturated heterocycles. The highest BCUT2D eigenvalue weighted by Crippen LogP contribution is 2.50. The van der Waals surface area contributed by atoms with E-state index in [2.05, 4.69) is 61.8 Å². The van der Waals surface area contributed by atoms with Gasteiger partial charge in [-0.25, -0.2) is 0 Å². The Kier molecular flexibility index (Phi) is 2.50. The lowest BCUT2D eigenvalue weighted by atomic mass is 9.57. The van der Waals surface area contributed by atoms with Gasteiger partial charge in [-0.2, -0.15) is 0 Å². The highest BCUT2D eigenvalue weighted by atomic mass is 79.9. The first-order valence-corrected chi connectivity index (χ1v) is 6.43. The number of fused-ring (bicyclic) bond motifs is 1. The van der Waals surface area contributed by atoms with E-state index < -0.39 is 0 Å². The number of rotatable bonds is 0. The smallest absolute Gasteiger partial charge is 0.0210 e. The van der Waals surface area contributed by atoms with Crippen molar-refractivity contribution in [3.8, 4) is 0 Å². The van der Waals surface area contributed by atoms with Crippen LogP contribution >= 0.6 is 15.9 Å². The minimum atomic E-state index is 0.268. The molecule has 1 aliphatic carbocycles. The van der Waals surface area contributed by atoms with Crippen molar-refractivity contribution in [2.24, 2.45) is 5.41 Å². The van der Waals surface area contributed by atoms with E-state index in [4.69, 9.17) is 0 Å². The Morgan fingerprint density at radius 1 is 1.13 bits per heavy atom. The lowest BCUT2D eigenvalue weighted by molar-refractivity contribution is 0.165. The van der Waals surface area contributed by atoms with Crippen LogP contribution in [0.5, 0.6) is 0 Å². The van der Waals surface area contributed by atoms with Gasteiger partial charge in [0.15, 0.2) is 0 Å². The van der Waals surface area contributed by atoms with Crippen LogP contribution in [0.15, 0.2) is 22.7 Å². The predicted molar refractivity (Wildman–Crippen MR) is 69.3 cm³/mol. The summed E-state index contributed by atoms with van der Waals surface area (Å²) in [5.41, 5.74) is 3.69. The van der Waals surface area contributed by atoms with Crippen LogP contribution in [0.2, 0.25) is 0 Å². The summed E-state index contributed by atoms with van der Waals surface area (Å²) in [5.74, 6) is 0.